The number of carbonyl (C=O) groups is 1. The smallest absolute Gasteiger partial charge is 0.299 e. The molecule has 0 radical (unpaired) electrons. The van der Waals surface area contributed by atoms with E-state index in [1.807, 2.05) is 6.92 Å². The van der Waals surface area contributed by atoms with Crippen molar-refractivity contribution in [3.05, 3.63) is 33.6 Å². The van der Waals surface area contributed by atoms with Crippen molar-refractivity contribution in [3.63, 3.8) is 0 Å². The first-order valence-electron chi connectivity index (χ1n) is 7.81. The molecule has 7 nitrogen and oxygen atoms in total. The SMILES string of the molecule is CCn1cc(NC(=O)C2CN3CCCCC3[N+]2=O)ccc1=O. The van der Waals surface area contributed by atoms with E-state index in [1.165, 1.54) is 10.6 Å². The first-order chi connectivity index (χ1) is 10.6. The Morgan fingerprint density at radius 1 is 1.41 bits per heavy atom. The van der Waals surface area contributed by atoms with Gasteiger partial charge in [0.15, 0.2) is 0 Å². The number of fused-ring (bicyclic) bond motifs is 1. The topological polar surface area (TPSA) is 74.4 Å². The Morgan fingerprint density at radius 3 is 2.95 bits per heavy atom. The number of nitrogens with zero attached hydrogens (tertiary/aromatic N) is 3. The number of carbonyl (C=O) groups excluding carboxylic acids is 1. The molecule has 1 aromatic rings. The lowest BCUT2D eigenvalue weighted by atomic mass is 10.1. The molecular weight excluding hydrogens is 284 g/mol. The third-order valence-corrected chi connectivity index (χ3v) is 4.48. The third kappa shape index (κ3) is 2.68. The molecule has 2 atom stereocenters. The lowest BCUT2D eigenvalue weighted by Gasteiger charge is -2.21. The Morgan fingerprint density at radius 2 is 2.23 bits per heavy atom. The highest BCUT2D eigenvalue weighted by Gasteiger charge is 2.51. The van der Waals surface area contributed by atoms with Gasteiger partial charge in [0, 0.05) is 41.4 Å². The number of nitroso groups, excluding NO2 is 1. The standard InChI is InChI=1S/C15H20N4O3/c1-2-17-9-11(6-7-14(17)20)16-15(21)12-10-18-8-4-3-5-13(18)19(12)22/h6-7,9,12-13H,2-5,8,10H2,1H3/p+1. The molecule has 2 saturated heterocycles. The maximum atomic E-state index is 12.4. The number of hydrogen-bond donors (Lipinski definition) is 1. The van der Waals surface area contributed by atoms with E-state index in [1.54, 1.807) is 12.3 Å². The van der Waals surface area contributed by atoms with Gasteiger partial charge in [-0.1, -0.05) is 0 Å². The number of anilines is 1. The van der Waals surface area contributed by atoms with Crippen LogP contribution in [0.1, 0.15) is 26.2 Å². The second-order valence-electron chi connectivity index (χ2n) is 5.88. The minimum absolute atomic E-state index is 0.107. The lowest BCUT2D eigenvalue weighted by Crippen LogP contribution is -2.38. The minimum Gasteiger partial charge on any atom is -0.319 e. The summed E-state index contributed by atoms with van der Waals surface area (Å²) < 4.78 is 2.45. The van der Waals surface area contributed by atoms with Crippen LogP contribution in [-0.4, -0.2) is 45.4 Å². The van der Waals surface area contributed by atoms with Crippen LogP contribution < -0.4 is 10.9 Å². The van der Waals surface area contributed by atoms with Gasteiger partial charge in [-0.2, -0.15) is 0 Å². The highest BCUT2D eigenvalue weighted by molar-refractivity contribution is 5.94. The van der Waals surface area contributed by atoms with Crippen molar-refractivity contribution in [2.24, 2.45) is 0 Å². The summed E-state index contributed by atoms with van der Waals surface area (Å²) in [5.41, 5.74) is 0.439. The molecular formula is C15H21N4O3+. The van der Waals surface area contributed by atoms with Crippen LogP contribution in [0.15, 0.2) is 23.1 Å². The fourth-order valence-corrected chi connectivity index (χ4v) is 3.26. The second-order valence-corrected chi connectivity index (χ2v) is 5.88. The highest BCUT2D eigenvalue weighted by Crippen LogP contribution is 2.25. The summed E-state index contributed by atoms with van der Waals surface area (Å²) in [6.45, 7) is 3.76. The summed E-state index contributed by atoms with van der Waals surface area (Å²) in [4.78, 5) is 38.3. The number of aryl methyl sites for hydroxylation is 1. The summed E-state index contributed by atoms with van der Waals surface area (Å²) in [7, 11) is 0. The molecule has 2 aliphatic heterocycles. The molecule has 7 heteroatoms. The molecule has 3 heterocycles. The predicted molar refractivity (Wildman–Crippen MR) is 81.6 cm³/mol. The van der Waals surface area contributed by atoms with Crippen LogP contribution in [0.4, 0.5) is 5.69 Å². The first kappa shape index (κ1) is 14.9. The number of piperidine rings is 1. The Labute approximate surface area is 128 Å². The maximum Gasteiger partial charge on any atom is 0.299 e. The molecule has 2 fully saturated rings. The fraction of sp³-hybridized carbons (Fsp3) is 0.600. The number of pyridine rings is 1. The van der Waals surface area contributed by atoms with E-state index in [0.717, 1.165) is 30.6 Å². The van der Waals surface area contributed by atoms with Gasteiger partial charge in [-0.3, -0.25) is 9.59 Å². The van der Waals surface area contributed by atoms with Crippen LogP contribution in [0, 0.1) is 4.91 Å². The summed E-state index contributed by atoms with van der Waals surface area (Å²) in [6, 6.07) is 2.32. The molecule has 0 saturated carbocycles. The molecule has 1 N–H and O–H groups in total. The van der Waals surface area contributed by atoms with Gasteiger partial charge in [0.25, 0.3) is 23.7 Å². The normalized spacial score (nSPS) is 25.0. The Hall–Kier alpha value is -2.02. The van der Waals surface area contributed by atoms with Gasteiger partial charge in [-0.25, -0.2) is 4.90 Å². The zero-order valence-corrected chi connectivity index (χ0v) is 12.7. The number of amides is 1. The van der Waals surface area contributed by atoms with Crippen LogP contribution in [0.25, 0.3) is 0 Å². The molecule has 2 aliphatic rings. The molecule has 0 aliphatic carbocycles. The van der Waals surface area contributed by atoms with Crippen molar-refractivity contribution in [1.29, 1.82) is 0 Å². The zero-order chi connectivity index (χ0) is 15.7. The minimum atomic E-state index is -0.676. The quantitative estimate of drug-likeness (QED) is 0.838. The van der Waals surface area contributed by atoms with E-state index in [-0.39, 0.29) is 17.6 Å². The second kappa shape index (κ2) is 6.00. The number of hydrogen-bond acceptors (Lipinski definition) is 4. The average Bonchev–Trinajstić information content (AvgIpc) is 2.87. The maximum absolute atomic E-state index is 12.4. The van der Waals surface area contributed by atoms with Crippen molar-refractivity contribution < 1.29 is 9.55 Å². The molecule has 118 valence electrons. The summed E-state index contributed by atoms with van der Waals surface area (Å²) in [5, 5.41) is 2.76. The molecule has 2 unspecified atom stereocenters. The van der Waals surface area contributed by atoms with Gasteiger partial charge in [0.05, 0.1) is 12.2 Å². The van der Waals surface area contributed by atoms with Crippen molar-refractivity contribution in [2.45, 2.75) is 44.9 Å². The monoisotopic (exact) mass is 305 g/mol. The predicted octanol–water partition coefficient (Wildman–Crippen LogP) is 0.780. The van der Waals surface area contributed by atoms with Crippen molar-refractivity contribution in [2.75, 3.05) is 18.4 Å². The summed E-state index contributed by atoms with van der Waals surface area (Å²) >= 11 is 0. The van der Waals surface area contributed by atoms with Crippen LogP contribution in [0.2, 0.25) is 0 Å². The van der Waals surface area contributed by atoms with E-state index in [9.17, 15) is 14.5 Å². The molecule has 22 heavy (non-hydrogen) atoms. The van der Waals surface area contributed by atoms with Crippen molar-refractivity contribution >= 4 is 11.6 Å². The molecule has 1 aromatic heterocycles. The molecule has 1 amide bonds. The van der Waals surface area contributed by atoms with Gasteiger partial charge in [-0.05, 0) is 25.8 Å². The van der Waals surface area contributed by atoms with E-state index in [0.29, 0.717) is 18.8 Å². The lowest BCUT2D eigenvalue weighted by molar-refractivity contribution is -0.598. The zero-order valence-electron chi connectivity index (χ0n) is 12.7. The molecule has 3 rings (SSSR count). The van der Waals surface area contributed by atoms with Crippen LogP contribution >= 0.6 is 0 Å². The van der Waals surface area contributed by atoms with E-state index < -0.39 is 6.04 Å². The summed E-state index contributed by atoms with van der Waals surface area (Å²) in [5.74, 6) is -0.300. The van der Waals surface area contributed by atoms with Gasteiger partial charge in [0.2, 0.25) is 0 Å². The highest BCUT2D eigenvalue weighted by atomic mass is 16.3. The van der Waals surface area contributed by atoms with Crippen molar-refractivity contribution in [1.82, 2.24) is 9.47 Å². The van der Waals surface area contributed by atoms with Gasteiger partial charge in [0.1, 0.15) is 0 Å². The van der Waals surface area contributed by atoms with E-state index >= 15 is 0 Å². The average molecular weight is 305 g/mol. The first-order valence-corrected chi connectivity index (χ1v) is 7.81. The van der Waals surface area contributed by atoms with Crippen LogP contribution in [-0.2, 0) is 11.3 Å². The van der Waals surface area contributed by atoms with E-state index in [2.05, 4.69) is 10.2 Å². The number of aromatic nitrogens is 1. The Balaban J connectivity index is 1.72. The van der Waals surface area contributed by atoms with Crippen molar-refractivity contribution in [3.8, 4) is 0 Å². The fourth-order valence-electron chi connectivity index (χ4n) is 3.26. The molecule has 0 aromatic carbocycles. The third-order valence-electron chi connectivity index (χ3n) is 4.48. The Kier molecular flexibility index (Phi) is 4.06. The van der Waals surface area contributed by atoms with Crippen LogP contribution in [0.3, 0.4) is 0 Å². The van der Waals surface area contributed by atoms with E-state index in [4.69, 9.17) is 0 Å². The summed E-state index contributed by atoms with van der Waals surface area (Å²) in [6.07, 6.45) is 4.40. The molecule has 0 bridgehead atoms. The number of nitrogens with one attached hydrogen (secondary N) is 1. The largest absolute Gasteiger partial charge is 0.319 e. The van der Waals surface area contributed by atoms with Gasteiger partial charge in [-0.15, -0.1) is 0 Å². The Bertz CT molecular complexity index is 654. The molecule has 0 spiro atoms. The number of rotatable bonds is 3. The van der Waals surface area contributed by atoms with Gasteiger partial charge >= 0.3 is 0 Å². The van der Waals surface area contributed by atoms with Crippen LogP contribution in [0.5, 0.6) is 0 Å². The van der Waals surface area contributed by atoms with Gasteiger partial charge < -0.3 is 9.88 Å².